The van der Waals surface area contributed by atoms with Crippen LogP contribution in [0.25, 0.3) is 0 Å². The third kappa shape index (κ3) is 4.72. The Labute approximate surface area is 140 Å². The van der Waals surface area contributed by atoms with E-state index in [4.69, 9.17) is 15.6 Å². The van der Waals surface area contributed by atoms with Crippen molar-refractivity contribution in [1.29, 1.82) is 0 Å². The van der Waals surface area contributed by atoms with Crippen molar-refractivity contribution in [2.75, 3.05) is 18.9 Å². The number of aryl methyl sites for hydroxylation is 1. The number of alkyl halides is 3. The fourth-order valence-electron chi connectivity index (χ4n) is 2.28. The molecule has 2 heterocycles. The van der Waals surface area contributed by atoms with Crippen LogP contribution >= 0.6 is 0 Å². The Morgan fingerprint density at radius 3 is 2.84 bits per heavy atom. The van der Waals surface area contributed by atoms with Gasteiger partial charge in [-0.15, -0.1) is 0 Å². The van der Waals surface area contributed by atoms with Crippen LogP contribution in [0.5, 0.6) is 0 Å². The van der Waals surface area contributed by atoms with Crippen LogP contribution in [0, 0.1) is 0 Å². The van der Waals surface area contributed by atoms with Gasteiger partial charge in [0.05, 0.1) is 0 Å². The predicted octanol–water partition coefficient (Wildman–Crippen LogP) is 0.232. The van der Waals surface area contributed by atoms with Crippen molar-refractivity contribution in [1.82, 2.24) is 14.9 Å². The normalized spacial score (nSPS) is 17.1. The lowest BCUT2D eigenvalue weighted by Gasteiger charge is -2.17. The van der Waals surface area contributed by atoms with E-state index in [1.54, 1.807) is 11.4 Å². The lowest BCUT2D eigenvalue weighted by Crippen LogP contribution is -2.37. The molecule has 1 atom stereocenters. The van der Waals surface area contributed by atoms with Crippen LogP contribution in [0.1, 0.15) is 24.6 Å². The summed E-state index contributed by atoms with van der Waals surface area (Å²) in [7, 11) is 0. The number of aliphatic hydroxyl groups is 1. The maximum absolute atomic E-state index is 12.1. The number of carbonyl (C=O) groups is 1. The zero-order valence-corrected chi connectivity index (χ0v) is 13.0. The summed E-state index contributed by atoms with van der Waals surface area (Å²) in [6.45, 7) is -0.494. The topological polar surface area (TPSA) is 119 Å². The van der Waals surface area contributed by atoms with Crippen LogP contribution in [0.3, 0.4) is 0 Å². The minimum atomic E-state index is -4.93. The van der Waals surface area contributed by atoms with Crippen molar-refractivity contribution >= 4 is 11.7 Å². The molecule has 0 spiro atoms. The first-order valence-corrected chi connectivity index (χ1v) is 7.41. The highest BCUT2D eigenvalue weighted by atomic mass is 19.4. The van der Waals surface area contributed by atoms with E-state index >= 15 is 0 Å². The van der Waals surface area contributed by atoms with Crippen molar-refractivity contribution in [2.24, 2.45) is 0 Å². The van der Waals surface area contributed by atoms with E-state index < -0.39 is 24.0 Å². The maximum Gasteiger partial charge on any atom is 0.471 e. The van der Waals surface area contributed by atoms with E-state index in [2.05, 4.69) is 4.98 Å². The summed E-state index contributed by atoms with van der Waals surface area (Å²) in [5.74, 6) is -1.70. The van der Waals surface area contributed by atoms with E-state index in [0.29, 0.717) is 17.7 Å². The number of carbonyl (C=O) groups excluding carboxylic acids is 1. The van der Waals surface area contributed by atoms with Gasteiger partial charge in [0, 0.05) is 24.7 Å². The number of nitrogens with one attached hydrogen (secondary N) is 1. The quantitative estimate of drug-likeness (QED) is 0.624. The number of ether oxygens (including phenoxy) is 1. The molecule has 0 fully saturated rings. The number of hydrogen-bond acceptors (Lipinski definition) is 6. The fraction of sp³-hybridized carbons (Fsp3) is 0.500. The summed E-state index contributed by atoms with van der Waals surface area (Å²) in [6, 6.07) is 0. The van der Waals surface area contributed by atoms with E-state index in [0.717, 1.165) is 0 Å². The Balaban J connectivity index is 1.98. The van der Waals surface area contributed by atoms with Crippen molar-refractivity contribution < 1.29 is 27.8 Å². The number of amides is 1. The molecule has 0 bridgehead atoms. The van der Waals surface area contributed by atoms with Crippen molar-refractivity contribution in [3.05, 3.63) is 34.1 Å². The smallest absolute Gasteiger partial charge is 0.471 e. The van der Waals surface area contributed by atoms with Crippen LogP contribution in [0.2, 0.25) is 0 Å². The van der Waals surface area contributed by atoms with Gasteiger partial charge >= 0.3 is 17.8 Å². The largest absolute Gasteiger partial charge is 0.472 e. The third-order valence-electron chi connectivity index (χ3n) is 3.53. The standard InChI is InChI=1S/C14H17F3N4O4/c15-14(16,17)12(23)19-5-1-2-8-6-21(13(24)20-11(8)18)10-4-3-9(7-22)25-10/h3,6,10,22H,1-2,4-5,7H2,(H,19,23)(H2,18,20,24)/t10-/m1/s1. The van der Waals surface area contributed by atoms with Crippen LogP contribution in [0.4, 0.5) is 19.0 Å². The van der Waals surface area contributed by atoms with Gasteiger partial charge in [-0.2, -0.15) is 18.2 Å². The molecule has 1 amide bonds. The molecule has 0 radical (unpaired) electrons. The van der Waals surface area contributed by atoms with Crippen LogP contribution in [-0.4, -0.2) is 39.9 Å². The SMILES string of the molecule is Nc1nc(=O)n([C@H]2CC=C(CO)O2)cc1CCCNC(=O)C(F)(F)F. The van der Waals surface area contributed by atoms with Crippen LogP contribution < -0.4 is 16.7 Å². The van der Waals surface area contributed by atoms with Crippen molar-refractivity contribution in [3.8, 4) is 0 Å². The van der Waals surface area contributed by atoms with Crippen molar-refractivity contribution in [3.63, 3.8) is 0 Å². The molecule has 0 saturated carbocycles. The first-order valence-electron chi connectivity index (χ1n) is 7.41. The number of nitrogens with two attached hydrogens (primary N) is 1. The Hall–Kier alpha value is -2.56. The van der Waals surface area contributed by atoms with Gasteiger partial charge in [0.2, 0.25) is 0 Å². The highest BCUT2D eigenvalue weighted by Gasteiger charge is 2.38. The summed E-state index contributed by atoms with van der Waals surface area (Å²) in [6.07, 6.45) is -1.77. The molecular formula is C14H17F3N4O4. The lowest BCUT2D eigenvalue weighted by atomic mass is 10.1. The summed E-state index contributed by atoms with van der Waals surface area (Å²) < 4.78 is 42.8. The van der Waals surface area contributed by atoms with Gasteiger partial charge in [-0.3, -0.25) is 9.36 Å². The molecule has 138 valence electrons. The first-order chi connectivity index (χ1) is 11.7. The second-order valence-electron chi connectivity index (χ2n) is 5.34. The number of anilines is 1. The van der Waals surface area contributed by atoms with E-state index in [9.17, 15) is 22.8 Å². The zero-order chi connectivity index (χ0) is 18.6. The molecule has 0 aromatic carbocycles. The maximum atomic E-state index is 12.1. The number of nitrogen functional groups attached to an aromatic ring is 1. The Morgan fingerprint density at radius 2 is 2.24 bits per heavy atom. The first kappa shape index (κ1) is 18.8. The molecular weight excluding hydrogens is 345 g/mol. The molecule has 1 aliphatic rings. The van der Waals surface area contributed by atoms with Gasteiger partial charge in [-0.1, -0.05) is 0 Å². The Bertz CT molecular complexity index is 730. The predicted molar refractivity (Wildman–Crippen MR) is 80.2 cm³/mol. The average Bonchev–Trinajstić information content (AvgIpc) is 3.00. The molecule has 4 N–H and O–H groups in total. The lowest BCUT2D eigenvalue weighted by molar-refractivity contribution is -0.173. The summed E-state index contributed by atoms with van der Waals surface area (Å²) >= 11 is 0. The van der Waals surface area contributed by atoms with Gasteiger partial charge in [0.1, 0.15) is 18.2 Å². The monoisotopic (exact) mass is 362 g/mol. The van der Waals surface area contributed by atoms with Gasteiger partial charge < -0.3 is 20.9 Å². The zero-order valence-electron chi connectivity index (χ0n) is 13.0. The second kappa shape index (κ2) is 7.55. The number of rotatable bonds is 6. The molecule has 8 nitrogen and oxygen atoms in total. The van der Waals surface area contributed by atoms with Gasteiger partial charge in [0.25, 0.3) is 0 Å². The molecule has 0 saturated heterocycles. The molecule has 1 aromatic rings. The van der Waals surface area contributed by atoms with Crippen LogP contribution in [0.15, 0.2) is 22.8 Å². The summed E-state index contributed by atoms with van der Waals surface area (Å²) in [5.41, 5.74) is 5.48. The highest BCUT2D eigenvalue weighted by Crippen LogP contribution is 2.25. The molecule has 2 rings (SSSR count). The Kier molecular flexibility index (Phi) is 5.67. The van der Waals surface area contributed by atoms with E-state index in [1.807, 2.05) is 0 Å². The summed E-state index contributed by atoms with van der Waals surface area (Å²) in [5, 5.41) is 10.8. The van der Waals surface area contributed by atoms with E-state index in [-0.39, 0.29) is 31.8 Å². The molecule has 11 heteroatoms. The molecule has 25 heavy (non-hydrogen) atoms. The summed E-state index contributed by atoms with van der Waals surface area (Å²) in [4.78, 5) is 26.3. The average molecular weight is 362 g/mol. The van der Waals surface area contributed by atoms with Crippen molar-refractivity contribution in [2.45, 2.75) is 31.7 Å². The molecule has 1 aromatic heterocycles. The molecule has 0 aliphatic carbocycles. The fourth-order valence-corrected chi connectivity index (χ4v) is 2.28. The minimum absolute atomic E-state index is 0.0308. The Morgan fingerprint density at radius 1 is 1.52 bits per heavy atom. The number of nitrogens with zero attached hydrogens (tertiary/aromatic N) is 2. The number of hydrogen-bond donors (Lipinski definition) is 3. The number of halogens is 3. The van der Waals surface area contributed by atoms with E-state index in [1.165, 1.54) is 10.8 Å². The van der Waals surface area contributed by atoms with Crippen LogP contribution in [-0.2, 0) is 16.0 Å². The second-order valence-corrected chi connectivity index (χ2v) is 5.34. The van der Waals surface area contributed by atoms with Gasteiger partial charge in [0.15, 0.2) is 6.23 Å². The molecule has 0 unspecified atom stereocenters. The molecule has 1 aliphatic heterocycles. The van der Waals surface area contributed by atoms with Gasteiger partial charge in [-0.05, 0) is 18.9 Å². The highest BCUT2D eigenvalue weighted by molar-refractivity contribution is 5.81. The third-order valence-corrected chi connectivity index (χ3v) is 3.53. The number of aliphatic hydroxyl groups excluding tert-OH is 1. The number of aromatic nitrogens is 2. The minimum Gasteiger partial charge on any atom is -0.472 e. The van der Waals surface area contributed by atoms with Gasteiger partial charge in [-0.25, -0.2) is 4.79 Å².